The van der Waals surface area contributed by atoms with Crippen molar-refractivity contribution >= 4 is 12.7 Å². The third kappa shape index (κ3) is 3.29. The van der Waals surface area contributed by atoms with Crippen molar-refractivity contribution in [2.24, 2.45) is 0 Å². The zero-order chi connectivity index (χ0) is 18.6. The molecule has 1 aromatic carbocycles. The fourth-order valence-corrected chi connectivity index (χ4v) is 22.9. The van der Waals surface area contributed by atoms with Gasteiger partial charge in [-0.1, -0.05) is 0 Å². The van der Waals surface area contributed by atoms with Gasteiger partial charge >= 0.3 is 158 Å². The molecule has 1 nitrogen and oxygen atoms in total. The topological polar surface area (TPSA) is 12.0 Å². The zero-order valence-electron chi connectivity index (χ0n) is 17.7. The van der Waals surface area contributed by atoms with E-state index < -0.39 is 21.5 Å². The van der Waals surface area contributed by atoms with Crippen molar-refractivity contribution in [3.8, 4) is 0 Å². The molecule has 0 radical (unpaired) electrons. The Morgan fingerprint density at radius 3 is 2.32 bits per heavy atom. The average Bonchev–Trinajstić information content (AvgIpc) is 2.82. The first-order chi connectivity index (χ1) is 11.4. The normalized spacial score (nSPS) is 22.2. The monoisotopic (exact) mass is 392 g/mol. The molecule has 1 unspecified atom stereocenters. The van der Waals surface area contributed by atoms with Gasteiger partial charge in [0.15, 0.2) is 0 Å². The van der Waals surface area contributed by atoms with E-state index in [4.69, 9.17) is 0 Å². The van der Waals surface area contributed by atoms with Crippen LogP contribution in [0.25, 0.3) is 6.08 Å². The Morgan fingerprint density at radius 1 is 1.08 bits per heavy atom. The molecule has 3 heteroatoms. The molecular weight excluding hydrogens is 354 g/mol. The van der Waals surface area contributed by atoms with Crippen molar-refractivity contribution in [2.75, 3.05) is 0 Å². The Labute approximate surface area is 157 Å². The fourth-order valence-electron chi connectivity index (χ4n) is 5.77. The predicted octanol–water partition coefficient (Wildman–Crippen LogP) is 6.10. The van der Waals surface area contributed by atoms with Crippen LogP contribution < -0.4 is 3.80 Å². The second kappa shape index (κ2) is 6.19. The Hall–Kier alpha value is -0.149. The maximum absolute atomic E-state index is 4.31. The van der Waals surface area contributed by atoms with E-state index in [9.17, 15) is 0 Å². The molecule has 2 aliphatic rings. The summed E-state index contributed by atoms with van der Waals surface area (Å²) < 4.78 is 4.99. The summed E-state index contributed by atoms with van der Waals surface area (Å²) in [5, 5.41) is 5.41. The van der Waals surface area contributed by atoms with Crippen LogP contribution in [0.1, 0.15) is 67.0 Å². The van der Waals surface area contributed by atoms with Gasteiger partial charge in [0.25, 0.3) is 0 Å². The van der Waals surface area contributed by atoms with Crippen LogP contribution in [-0.2, 0) is 27.7 Å². The van der Waals surface area contributed by atoms with Crippen LogP contribution in [-0.4, -0.2) is 12.2 Å². The Kier molecular flexibility index (Phi) is 4.86. The van der Waals surface area contributed by atoms with Crippen LogP contribution >= 0.6 is 0 Å². The van der Waals surface area contributed by atoms with E-state index in [1.807, 2.05) is 0 Å². The van der Waals surface area contributed by atoms with Gasteiger partial charge in [-0.15, -0.1) is 0 Å². The first-order valence-electron chi connectivity index (χ1n) is 10.3. The molecule has 2 aliphatic carbocycles. The van der Waals surface area contributed by atoms with E-state index in [1.165, 1.54) is 25.7 Å². The summed E-state index contributed by atoms with van der Waals surface area (Å²) >= 11 is -2.91. The van der Waals surface area contributed by atoms with E-state index in [2.05, 4.69) is 73.3 Å². The van der Waals surface area contributed by atoms with Gasteiger partial charge in [-0.05, 0) is 0 Å². The van der Waals surface area contributed by atoms with Gasteiger partial charge in [-0.25, -0.2) is 0 Å². The molecule has 0 saturated heterocycles. The molecule has 3 rings (SSSR count). The number of hydrogen-bond donors (Lipinski definition) is 1. The molecule has 0 amide bonds. The second-order valence-corrected chi connectivity index (χ2v) is 35.4. The number of hydrogen-bond acceptors (Lipinski definition) is 1. The molecule has 139 valence electrons. The molecule has 0 bridgehead atoms. The molecule has 0 aliphatic heterocycles. The molecule has 0 aromatic heterocycles. The van der Waals surface area contributed by atoms with Gasteiger partial charge in [-0.2, -0.15) is 0 Å². The number of nitrogens with one attached hydrogen (secondary N) is 1. The summed E-state index contributed by atoms with van der Waals surface area (Å²) in [6, 6.07) is 4.98. The van der Waals surface area contributed by atoms with Crippen molar-refractivity contribution in [2.45, 2.75) is 86.7 Å². The van der Waals surface area contributed by atoms with Crippen molar-refractivity contribution < 1.29 is 14.8 Å². The summed E-state index contributed by atoms with van der Waals surface area (Å²) in [7, 11) is 0. The minimum atomic E-state index is -2.91. The summed E-state index contributed by atoms with van der Waals surface area (Å²) in [6.45, 7) is 13.8. The van der Waals surface area contributed by atoms with Crippen LogP contribution in [0.4, 0.5) is 0 Å². The first-order valence-corrected chi connectivity index (χ1v) is 20.7. The Morgan fingerprint density at radius 2 is 1.72 bits per heavy atom. The van der Waals surface area contributed by atoms with Gasteiger partial charge in [-0.3, -0.25) is 0 Å². The number of allylic oxidation sites excluding steroid dienone is 1. The van der Waals surface area contributed by atoms with Gasteiger partial charge in [0.05, 0.1) is 0 Å². The maximum atomic E-state index is 4.31. The van der Waals surface area contributed by atoms with Crippen molar-refractivity contribution in [1.29, 1.82) is 0 Å². The van der Waals surface area contributed by atoms with E-state index >= 15 is 0 Å². The SMILES string of the molecule is CC1=Cc2c(ccc3c2CCCC3)[CH]1[Ti]([CH3])([CH3])([NH]C(C)(C)C)[SiH](C)C. The molecular formula is C22H38NSiTi. The number of fused-ring (bicyclic) bond motifs is 3. The van der Waals surface area contributed by atoms with E-state index in [-0.39, 0.29) is 5.54 Å². The van der Waals surface area contributed by atoms with Gasteiger partial charge in [0, 0.05) is 0 Å². The number of benzene rings is 1. The Bertz CT molecular complexity index is 724. The van der Waals surface area contributed by atoms with E-state index in [0.29, 0.717) is 4.22 Å². The number of aryl methyl sites for hydroxylation is 1. The van der Waals surface area contributed by atoms with E-state index in [1.54, 1.807) is 27.8 Å². The molecule has 0 saturated carbocycles. The van der Waals surface area contributed by atoms with Crippen LogP contribution in [0.5, 0.6) is 0 Å². The predicted molar refractivity (Wildman–Crippen MR) is 113 cm³/mol. The quantitative estimate of drug-likeness (QED) is 0.613. The van der Waals surface area contributed by atoms with Crippen molar-refractivity contribution in [1.82, 2.24) is 3.80 Å². The second-order valence-electron chi connectivity index (χ2n) is 10.9. The summed E-state index contributed by atoms with van der Waals surface area (Å²) in [6.07, 6.45) is 7.88. The van der Waals surface area contributed by atoms with Gasteiger partial charge in [0.1, 0.15) is 0 Å². The first kappa shape index (κ1) is 19.6. The average molecular weight is 393 g/mol. The van der Waals surface area contributed by atoms with Crippen LogP contribution in [0.3, 0.4) is 0 Å². The summed E-state index contributed by atoms with van der Waals surface area (Å²) in [5.74, 6) is 0. The van der Waals surface area contributed by atoms with Crippen LogP contribution in [0, 0.1) is 0 Å². The summed E-state index contributed by atoms with van der Waals surface area (Å²) in [4.78, 5) is 0. The van der Waals surface area contributed by atoms with Crippen LogP contribution in [0.2, 0.25) is 23.6 Å². The molecule has 0 spiro atoms. The van der Waals surface area contributed by atoms with E-state index in [0.717, 1.165) is 0 Å². The fraction of sp³-hybridized carbons (Fsp3) is 0.636. The molecule has 1 atom stereocenters. The third-order valence-electron chi connectivity index (χ3n) is 7.18. The zero-order valence-corrected chi connectivity index (χ0v) is 20.4. The molecule has 25 heavy (non-hydrogen) atoms. The Balaban J connectivity index is 2.17. The van der Waals surface area contributed by atoms with Gasteiger partial charge < -0.3 is 0 Å². The van der Waals surface area contributed by atoms with Crippen molar-refractivity contribution in [3.05, 3.63) is 40.0 Å². The van der Waals surface area contributed by atoms with Crippen LogP contribution in [0.15, 0.2) is 17.7 Å². The number of rotatable bonds is 3. The standard InChI is InChI=1S/C14H15.C4H10N.C2H7Si.2CH3.Ti/c1-10-8-12-7-6-11-4-2-3-5-13(11)14(12)9-10;1-4(2,3)5;1-3-2;;;/h6-9H,2-5H2,1H3;5H,1-3H3;3H,1-2H3;2*1H3;/q;-1;;;;+1. The minimum absolute atomic E-state index is 0.190. The summed E-state index contributed by atoms with van der Waals surface area (Å²) in [5.41, 5.74) is 8.41. The third-order valence-corrected chi connectivity index (χ3v) is 35.7. The molecule has 0 heterocycles. The molecule has 0 fully saturated rings. The molecule has 1 aromatic rings. The molecule has 1 N–H and O–H groups in total. The van der Waals surface area contributed by atoms with Gasteiger partial charge in [0.2, 0.25) is 0 Å². The van der Waals surface area contributed by atoms with Crippen molar-refractivity contribution in [3.63, 3.8) is 0 Å².